The number of carbonyl (C=O) groups is 1. The molecule has 3 aromatic heterocycles. The molecular weight excluding hydrogens is 456 g/mol. The van der Waals surface area contributed by atoms with Gasteiger partial charge in [0.15, 0.2) is 0 Å². The van der Waals surface area contributed by atoms with Crippen LogP contribution in [0.1, 0.15) is 10.4 Å². The average molecular weight is 475 g/mol. The first-order valence-electron chi connectivity index (χ1n) is 10.8. The van der Waals surface area contributed by atoms with Crippen molar-refractivity contribution in [2.24, 2.45) is 0 Å². The van der Waals surface area contributed by atoms with Gasteiger partial charge in [-0.15, -0.1) is 0 Å². The number of ether oxygens (including phenoxy) is 1. The molecule has 10 heteroatoms. The Bertz CT molecular complexity index is 1540. The number of aromatic carboxylic acids is 1. The predicted molar refractivity (Wildman–Crippen MR) is 129 cm³/mol. The van der Waals surface area contributed by atoms with Gasteiger partial charge in [0.25, 0.3) is 0 Å². The standard InChI is InChI=1S/C24H19ClN6O3/c25-18-3-1-2-16-19(4-5-26-21(16)18)31-20-11-15(30-6-8-34-9-7-30)10-17(24(32)33)22(20)29-23(31)14-12-27-28-13-14/h1-5,10-13H,6-9H2,(H,27,28)(H,32,33). The zero-order chi connectivity index (χ0) is 23.2. The molecule has 1 saturated heterocycles. The van der Waals surface area contributed by atoms with Gasteiger partial charge in [0.05, 0.1) is 52.3 Å². The lowest BCUT2D eigenvalue weighted by Gasteiger charge is -2.29. The summed E-state index contributed by atoms with van der Waals surface area (Å²) in [5.74, 6) is -0.469. The number of aromatic nitrogens is 5. The molecule has 0 aliphatic carbocycles. The fraction of sp³-hybridized carbons (Fsp3) is 0.167. The molecule has 0 radical (unpaired) electrons. The lowest BCUT2D eigenvalue weighted by molar-refractivity contribution is 0.0699. The number of carboxylic acid groups (broad SMARTS) is 1. The maximum Gasteiger partial charge on any atom is 0.338 e. The molecule has 34 heavy (non-hydrogen) atoms. The van der Waals surface area contributed by atoms with Crippen LogP contribution in [0.5, 0.6) is 0 Å². The Kier molecular flexibility index (Phi) is 4.93. The Labute approximate surface area is 198 Å². The normalized spacial score (nSPS) is 14.2. The summed E-state index contributed by atoms with van der Waals surface area (Å²) in [7, 11) is 0. The van der Waals surface area contributed by atoms with Crippen LogP contribution in [0.2, 0.25) is 5.02 Å². The number of carboxylic acids is 1. The molecule has 5 aromatic rings. The van der Waals surface area contributed by atoms with Gasteiger partial charge in [-0.05, 0) is 24.3 Å². The fourth-order valence-electron chi connectivity index (χ4n) is 4.46. The number of rotatable bonds is 4. The van der Waals surface area contributed by atoms with E-state index < -0.39 is 5.97 Å². The highest BCUT2D eigenvalue weighted by atomic mass is 35.5. The predicted octanol–water partition coefficient (Wildman–Crippen LogP) is 4.15. The number of benzene rings is 2. The van der Waals surface area contributed by atoms with Gasteiger partial charge in [-0.2, -0.15) is 5.10 Å². The molecule has 1 aliphatic heterocycles. The number of para-hydroxylation sites is 1. The smallest absolute Gasteiger partial charge is 0.338 e. The second kappa shape index (κ2) is 8.12. The van der Waals surface area contributed by atoms with Crippen molar-refractivity contribution < 1.29 is 14.6 Å². The van der Waals surface area contributed by atoms with Gasteiger partial charge in [0, 0.05) is 36.6 Å². The van der Waals surface area contributed by atoms with Crippen LogP contribution in [0.4, 0.5) is 5.69 Å². The Hall–Kier alpha value is -3.95. The Balaban J connectivity index is 1.72. The van der Waals surface area contributed by atoms with E-state index in [4.69, 9.17) is 21.3 Å². The highest BCUT2D eigenvalue weighted by Crippen LogP contribution is 2.36. The van der Waals surface area contributed by atoms with Gasteiger partial charge < -0.3 is 14.7 Å². The third kappa shape index (κ3) is 3.28. The van der Waals surface area contributed by atoms with Crippen LogP contribution in [-0.2, 0) is 4.74 Å². The van der Waals surface area contributed by atoms with Crippen molar-refractivity contribution in [3.63, 3.8) is 0 Å². The van der Waals surface area contributed by atoms with Gasteiger partial charge in [0.1, 0.15) is 11.3 Å². The minimum atomic E-state index is -1.04. The van der Waals surface area contributed by atoms with E-state index in [0.29, 0.717) is 53.7 Å². The molecule has 4 heterocycles. The lowest BCUT2D eigenvalue weighted by Crippen LogP contribution is -2.36. The van der Waals surface area contributed by atoms with Crippen LogP contribution < -0.4 is 4.90 Å². The molecule has 0 saturated carbocycles. The number of morpholine rings is 1. The van der Waals surface area contributed by atoms with E-state index in [-0.39, 0.29) is 5.56 Å². The zero-order valence-electron chi connectivity index (χ0n) is 17.9. The number of hydrogen-bond acceptors (Lipinski definition) is 6. The molecule has 1 aliphatic rings. The lowest BCUT2D eigenvalue weighted by atomic mass is 10.1. The van der Waals surface area contributed by atoms with Crippen LogP contribution in [-0.4, -0.2) is 62.1 Å². The second-order valence-electron chi connectivity index (χ2n) is 7.99. The molecule has 170 valence electrons. The molecule has 1 fully saturated rings. The molecular formula is C24H19ClN6O3. The number of halogens is 1. The quantitative estimate of drug-likeness (QED) is 0.402. The molecule has 0 amide bonds. The average Bonchev–Trinajstić information content (AvgIpc) is 3.52. The van der Waals surface area contributed by atoms with Crippen molar-refractivity contribution in [1.82, 2.24) is 24.7 Å². The first-order chi connectivity index (χ1) is 16.6. The van der Waals surface area contributed by atoms with Crippen LogP contribution in [0.3, 0.4) is 0 Å². The Morgan fingerprint density at radius 2 is 2.00 bits per heavy atom. The van der Waals surface area contributed by atoms with Crippen molar-refractivity contribution in [3.05, 3.63) is 65.6 Å². The van der Waals surface area contributed by atoms with E-state index in [9.17, 15) is 9.90 Å². The van der Waals surface area contributed by atoms with E-state index in [1.54, 1.807) is 30.7 Å². The highest BCUT2D eigenvalue weighted by Gasteiger charge is 2.24. The van der Waals surface area contributed by atoms with Gasteiger partial charge in [-0.3, -0.25) is 14.6 Å². The number of aromatic amines is 1. The molecule has 0 atom stereocenters. The van der Waals surface area contributed by atoms with Gasteiger partial charge in [-0.25, -0.2) is 9.78 Å². The third-order valence-corrected chi connectivity index (χ3v) is 6.35. The monoisotopic (exact) mass is 474 g/mol. The first kappa shape index (κ1) is 20.6. The van der Waals surface area contributed by atoms with E-state index in [2.05, 4.69) is 20.1 Å². The van der Waals surface area contributed by atoms with Crippen LogP contribution in [0, 0.1) is 0 Å². The summed E-state index contributed by atoms with van der Waals surface area (Å²) in [4.78, 5) is 23.7. The van der Waals surface area contributed by atoms with Crippen molar-refractivity contribution in [1.29, 1.82) is 0 Å². The van der Waals surface area contributed by atoms with Crippen LogP contribution in [0.25, 0.3) is 39.0 Å². The van der Waals surface area contributed by atoms with E-state index in [1.807, 2.05) is 28.8 Å². The number of anilines is 1. The summed E-state index contributed by atoms with van der Waals surface area (Å²) in [6.07, 6.45) is 5.09. The topological polar surface area (TPSA) is 109 Å². The fourth-order valence-corrected chi connectivity index (χ4v) is 4.68. The van der Waals surface area contributed by atoms with E-state index >= 15 is 0 Å². The van der Waals surface area contributed by atoms with Crippen molar-refractivity contribution >= 4 is 45.2 Å². The number of hydrogen-bond donors (Lipinski definition) is 2. The zero-order valence-corrected chi connectivity index (χ0v) is 18.7. The van der Waals surface area contributed by atoms with Crippen molar-refractivity contribution in [2.45, 2.75) is 0 Å². The Morgan fingerprint density at radius 3 is 2.76 bits per heavy atom. The molecule has 0 bridgehead atoms. The van der Waals surface area contributed by atoms with Crippen molar-refractivity contribution in [2.75, 3.05) is 31.2 Å². The number of imidazole rings is 1. The highest BCUT2D eigenvalue weighted by molar-refractivity contribution is 6.35. The minimum Gasteiger partial charge on any atom is -0.478 e. The summed E-state index contributed by atoms with van der Waals surface area (Å²) in [5.41, 5.74) is 4.19. The number of nitrogens with zero attached hydrogens (tertiary/aromatic N) is 5. The summed E-state index contributed by atoms with van der Waals surface area (Å²) in [6.45, 7) is 2.54. The molecule has 0 spiro atoms. The molecule has 2 aromatic carbocycles. The largest absolute Gasteiger partial charge is 0.478 e. The first-order valence-corrected chi connectivity index (χ1v) is 11.1. The number of pyridine rings is 1. The maximum absolute atomic E-state index is 12.3. The van der Waals surface area contributed by atoms with E-state index in [0.717, 1.165) is 22.3 Å². The molecule has 2 N–H and O–H groups in total. The van der Waals surface area contributed by atoms with Crippen molar-refractivity contribution in [3.8, 4) is 17.1 Å². The van der Waals surface area contributed by atoms with Gasteiger partial charge in [-0.1, -0.05) is 23.7 Å². The number of nitrogens with one attached hydrogen (secondary N) is 1. The minimum absolute atomic E-state index is 0.138. The Morgan fingerprint density at radius 1 is 1.15 bits per heavy atom. The van der Waals surface area contributed by atoms with E-state index in [1.165, 1.54) is 0 Å². The van der Waals surface area contributed by atoms with Gasteiger partial charge in [0.2, 0.25) is 0 Å². The molecule has 0 unspecified atom stereocenters. The number of fused-ring (bicyclic) bond motifs is 2. The third-order valence-electron chi connectivity index (χ3n) is 6.05. The maximum atomic E-state index is 12.3. The second-order valence-corrected chi connectivity index (χ2v) is 8.40. The van der Waals surface area contributed by atoms with Gasteiger partial charge >= 0.3 is 5.97 Å². The van der Waals surface area contributed by atoms with Crippen LogP contribution >= 0.6 is 11.6 Å². The number of H-pyrrole nitrogens is 1. The summed E-state index contributed by atoms with van der Waals surface area (Å²) < 4.78 is 7.44. The SMILES string of the molecule is O=C(O)c1cc(N2CCOCC2)cc2c1nc(-c1cn[nH]c1)n2-c1ccnc2c(Cl)cccc12. The summed E-state index contributed by atoms with van der Waals surface area (Å²) in [5, 5.41) is 18.3. The molecule has 6 rings (SSSR count). The van der Waals surface area contributed by atoms with Crippen LogP contribution in [0.15, 0.2) is 55.0 Å². The molecule has 9 nitrogen and oxygen atoms in total. The summed E-state index contributed by atoms with van der Waals surface area (Å²) in [6, 6.07) is 11.2. The summed E-state index contributed by atoms with van der Waals surface area (Å²) >= 11 is 6.44.